The Morgan fingerprint density at radius 3 is 3.00 bits per heavy atom. The van der Waals surface area contributed by atoms with Gasteiger partial charge in [0, 0.05) is 18.7 Å². The maximum absolute atomic E-state index is 6.11. The van der Waals surface area contributed by atoms with E-state index in [9.17, 15) is 0 Å². The molecular formula is C11H18ClN3O. The molecule has 0 amide bonds. The molecule has 4 nitrogen and oxygen atoms in total. The fourth-order valence-electron chi connectivity index (χ4n) is 2.04. The number of nitrogens with zero attached hydrogens (tertiary/aromatic N) is 2. The molecule has 1 unspecified atom stereocenters. The summed E-state index contributed by atoms with van der Waals surface area (Å²) in [7, 11) is 1.84. The number of ether oxygens (including phenoxy) is 1. The normalized spacial score (nSPS) is 20.6. The summed E-state index contributed by atoms with van der Waals surface area (Å²) in [5, 5.41) is 8.33. The molecule has 2 heterocycles. The topological polar surface area (TPSA) is 39.1 Å². The molecule has 1 aromatic rings. The molecule has 0 saturated carbocycles. The Morgan fingerprint density at radius 2 is 2.44 bits per heavy atom. The molecule has 1 aliphatic heterocycles. The molecule has 0 bridgehead atoms. The van der Waals surface area contributed by atoms with Crippen molar-refractivity contribution in [3.05, 3.63) is 16.4 Å². The summed E-state index contributed by atoms with van der Waals surface area (Å²) in [6.45, 7) is 4.38. The minimum atomic E-state index is 0.510. The van der Waals surface area contributed by atoms with Gasteiger partial charge in [0.25, 0.3) is 0 Å². The summed E-state index contributed by atoms with van der Waals surface area (Å²) in [6, 6.07) is 0.510. The predicted molar refractivity (Wildman–Crippen MR) is 63.6 cm³/mol. The third-order valence-corrected chi connectivity index (χ3v) is 3.47. The van der Waals surface area contributed by atoms with Crippen molar-refractivity contribution in [3.63, 3.8) is 0 Å². The third kappa shape index (κ3) is 2.56. The zero-order chi connectivity index (χ0) is 11.5. The standard InChI is InChI=1S/C11H18ClN3O/c1-8-10(11(12)15(2)14-8)7-16-6-9-4-3-5-13-9/h9,13H,3-7H2,1-2H3. The van der Waals surface area contributed by atoms with Crippen LogP contribution in [0.3, 0.4) is 0 Å². The fourth-order valence-corrected chi connectivity index (χ4v) is 2.27. The van der Waals surface area contributed by atoms with Crippen LogP contribution in [0.15, 0.2) is 0 Å². The van der Waals surface area contributed by atoms with E-state index in [-0.39, 0.29) is 0 Å². The summed E-state index contributed by atoms with van der Waals surface area (Å²) in [5.41, 5.74) is 1.95. The number of nitrogens with one attached hydrogen (secondary N) is 1. The Hall–Kier alpha value is -0.580. The molecule has 1 aliphatic rings. The van der Waals surface area contributed by atoms with Gasteiger partial charge in [-0.25, -0.2) is 0 Å². The van der Waals surface area contributed by atoms with Crippen LogP contribution in [0.5, 0.6) is 0 Å². The maximum atomic E-state index is 6.11. The summed E-state index contributed by atoms with van der Waals surface area (Å²) in [5.74, 6) is 0. The first-order valence-corrected chi connectivity index (χ1v) is 6.05. The van der Waals surface area contributed by atoms with E-state index in [0.29, 0.717) is 17.8 Å². The zero-order valence-electron chi connectivity index (χ0n) is 9.79. The van der Waals surface area contributed by atoms with Crippen molar-refractivity contribution in [3.8, 4) is 0 Å². The molecule has 16 heavy (non-hydrogen) atoms. The van der Waals surface area contributed by atoms with Crippen molar-refractivity contribution in [1.29, 1.82) is 0 Å². The van der Waals surface area contributed by atoms with E-state index in [0.717, 1.165) is 24.4 Å². The Balaban J connectivity index is 1.84. The van der Waals surface area contributed by atoms with Crippen LogP contribution in [-0.2, 0) is 18.4 Å². The van der Waals surface area contributed by atoms with E-state index in [1.165, 1.54) is 12.8 Å². The van der Waals surface area contributed by atoms with Crippen molar-refractivity contribution < 1.29 is 4.74 Å². The van der Waals surface area contributed by atoms with Gasteiger partial charge >= 0.3 is 0 Å². The number of aromatic nitrogens is 2. The second kappa shape index (κ2) is 5.17. The molecule has 0 aliphatic carbocycles. The van der Waals surface area contributed by atoms with E-state index >= 15 is 0 Å². The Labute approximate surface area is 101 Å². The van der Waals surface area contributed by atoms with Crippen LogP contribution in [0.1, 0.15) is 24.1 Å². The largest absolute Gasteiger partial charge is 0.375 e. The minimum absolute atomic E-state index is 0.510. The van der Waals surface area contributed by atoms with Crippen molar-refractivity contribution in [2.24, 2.45) is 7.05 Å². The predicted octanol–water partition coefficient (Wildman–Crippen LogP) is 1.65. The van der Waals surface area contributed by atoms with Crippen molar-refractivity contribution in [2.75, 3.05) is 13.2 Å². The lowest BCUT2D eigenvalue weighted by molar-refractivity contribution is 0.103. The fraction of sp³-hybridized carbons (Fsp3) is 0.727. The van der Waals surface area contributed by atoms with Gasteiger partial charge in [-0.3, -0.25) is 4.68 Å². The molecule has 0 spiro atoms. The van der Waals surface area contributed by atoms with Gasteiger partial charge in [-0.1, -0.05) is 11.6 Å². The van der Waals surface area contributed by atoms with Crippen LogP contribution < -0.4 is 5.32 Å². The van der Waals surface area contributed by atoms with Crippen LogP contribution in [0.4, 0.5) is 0 Å². The van der Waals surface area contributed by atoms with Crippen molar-refractivity contribution in [2.45, 2.75) is 32.4 Å². The van der Waals surface area contributed by atoms with Gasteiger partial charge in [-0.2, -0.15) is 5.10 Å². The van der Waals surface area contributed by atoms with Crippen LogP contribution in [0.25, 0.3) is 0 Å². The smallest absolute Gasteiger partial charge is 0.132 e. The van der Waals surface area contributed by atoms with Gasteiger partial charge in [0.2, 0.25) is 0 Å². The molecular weight excluding hydrogens is 226 g/mol. The van der Waals surface area contributed by atoms with E-state index < -0.39 is 0 Å². The van der Waals surface area contributed by atoms with E-state index in [1.54, 1.807) is 4.68 Å². The Kier molecular flexibility index (Phi) is 3.84. The van der Waals surface area contributed by atoms with Crippen LogP contribution in [-0.4, -0.2) is 29.0 Å². The van der Waals surface area contributed by atoms with Gasteiger partial charge in [0.1, 0.15) is 5.15 Å². The summed E-state index contributed by atoms with van der Waals surface area (Å²) in [4.78, 5) is 0. The molecule has 1 aromatic heterocycles. The van der Waals surface area contributed by atoms with Gasteiger partial charge in [0.15, 0.2) is 0 Å². The van der Waals surface area contributed by atoms with E-state index in [2.05, 4.69) is 10.4 Å². The lowest BCUT2D eigenvalue weighted by atomic mass is 10.2. The molecule has 0 aromatic carbocycles. The summed E-state index contributed by atoms with van der Waals surface area (Å²) < 4.78 is 7.36. The molecule has 1 N–H and O–H groups in total. The molecule has 90 valence electrons. The number of rotatable bonds is 4. The van der Waals surface area contributed by atoms with Crippen LogP contribution in [0.2, 0.25) is 5.15 Å². The third-order valence-electron chi connectivity index (χ3n) is 3.00. The van der Waals surface area contributed by atoms with Gasteiger partial charge in [-0.15, -0.1) is 0 Å². The quantitative estimate of drug-likeness (QED) is 0.874. The average molecular weight is 244 g/mol. The maximum Gasteiger partial charge on any atom is 0.132 e. The van der Waals surface area contributed by atoms with Gasteiger partial charge in [0.05, 0.1) is 18.9 Å². The lowest BCUT2D eigenvalue weighted by Crippen LogP contribution is -2.26. The van der Waals surface area contributed by atoms with E-state index in [1.807, 2.05) is 14.0 Å². The molecule has 0 radical (unpaired) electrons. The van der Waals surface area contributed by atoms with Crippen molar-refractivity contribution >= 4 is 11.6 Å². The molecule has 5 heteroatoms. The first-order chi connectivity index (χ1) is 7.68. The second-order valence-corrected chi connectivity index (χ2v) is 4.64. The Morgan fingerprint density at radius 1 is 1.62 bits per heavy atom. The highest BCUT2D eigenvalue weighted by molar-refractivity contribution is 6.30. The van der Waals surface area contributed by atoms with Crippen molar-refractivity contribution in [1.82, 2.24) is 15.1 Å². The second-order valence-electron chi connectivity index (χ2n) is 4.29. The first-order valence-electron chi connectivity index (χ1n) is 5.67. The Bertz CT molecular complexity index is 358. The molecule has 2 rings (SSSR count). The number of hydrogen-bond acceptors (Lipinski definition) is 3. The highest BCUT2D eigenvalue weighted by Crippen LogP contribution is 2.19. The average Bonchev–Trinajstić information content (AvgIpc) is 2.82. The highest BCUT2D eigenvalue weighted by Gasteiger charge is 2.15. The zero-order valence-corrected chi connectivity index (χ0v) is 10.5. The lowest BCUT2D eigenvalue weighted by Gasteiger charge is -2.10. The SMILES string of the molecule is Cc1nn(C)c(Cl)c1COCC1CCCN1. The number of aryl methyl sites for hydroxylation is 2. The summed E-state index contributed by atoms with van der Waals surface area (Å²) in [6.07, 6.45) is 2.46. The molecule has 1 saturated heterocycles. The minimum Gasteiger partial charge on any atom is -0.375 e. The summed E-state index contributed by atoms with van der Waals surface area (Å²) >= 11 is 6.11. The first kappa shape index (κ1) is 11.9. The van der Waals surface area contributed by atoms with Crippen LogP contribution in [0, 0.1) is 6.92 Å². The monoisotopic (exact) mass is 243 g/mol. The van der Waals surface area contributed by atoms with E-state index in [4.69, 9.17) is 16.3 Å². The van der Waals surface area contributed by atoms with Gasteiger partial charge in [-0.05, 0) is 26.3 Å². The number of halogens is 1. The number of hydrogen-bond donors (Lipinski definition) is 1. The molecule has 1 fully saturated rings. The highest BCUT2D eigenvalue weighted by atomic mass is 35.5. The van der Waals surface area contributed by atoms with Crippen LogP contribution >= 0.6 is 11.6 Å². The molecule has 1 atom stereocenters. The van der Waals surface area contributed by atoms with Gasteiger partial charge < -0.3 is 10.1 Å².